The van der Waals surface area contributed by atoms with Crippen molar-refractivity contribution in [3.63, 3.8) is 0 Å². The zero-order valence-electron chi connectivity index (χ0n) is 14.7. The third kappa shape index (κ3) is 4.11. The van der Waals surface area contributed by atoms with Crippen LogP contribution in [0.5, 0.6) is 0 Å². The van der Waals surface area contributed by atoms with Gasteiger partial charge in [-0.05, 0) is 51.5 Å². The molecule has 23 heavy (non-hydrogen) atoms. The summed E-state index contributed by atoms with van der Waals surface area (Å²) < 4.78 is 5.85. The molecule has 2 heterocycles. The van der Waals surface area contributed by atoms with Crippen molar-refractivity contribution in [1.82, 2.24) is 5.32 Å². The van der Waals surface area contributed by atoms with Gasteiger partial charge in [0.05, 0.1) is 12.2 Å². The van der Waals surface area contributed by atoms with Crippen LogP contribution in [0.25, 0.3) is 0 Å². The standard InChI is InChI=1S/C18H29N3O.ClH/c1-13-9-17(21-8-7-19-10-14(21)2)5-6-18(13)20-11-15(3)22-16(4)12-20;/h5-6,9,14-16,19H,7-8,10-12H2,1-4H3;1H/t14-,15-,16+;/m0./s1. The number of nitrogens with zero attached hydrogens (tertiary/aromatic N) is 2. The van der Waals surface area contributed by atoms with E-state index in [9.17, 15) is 0 Å². The van der Waals surface area contributed by atoms with Crippen LogP contribution in [-0.2, 0) is 4.74 Å². The van der Waals surface area contributed by atoms with Gasteiger partial charge in [-0.25, -0.2) is 0 Å². The van der Waals surface area contributed by atoms with Crippen molar-refractivity contribution in [2.75, 3.05) is 42.5 Å². The van der Waals surface area contributed by atoms with Crippen LogP contribution in [0.3, 0.4) is 0 Å². The molecule has 0 unspecified atom stereocenters. The summed E-state index contributed by atoms with van der Waals surface area (Å²) in [5, 5.41) is 3.46. The molecule has 2 aliphatic heterocycles. The lowest BCUT2D eigenvalue weighted by atomic mass is 10.1. The van der Waals surface area contributed by atoms with Crippen molar-refractivity contribution in [3.8, 4) is 0 Å². The predicted molar refractivity (Wildman–Crippen MR) is 100 cm³/mol. The van der Waals surface area contributed by atoms with Gasteiger partial charge in [0.1, 0.15) is 0 Å². The second-order valence-corrected chi connectivity index (χ2v) is 6.88. The minimum atomic E-state index is 0. The number of anilines is 2. The number of nitrogens with one attached hydrogen (secondary N) is 1. The highest BCUT2D eigenvalue weighted by molar-refractivity contribution is 5.85. The average molecular weight is 340 g/mol. The summed E-state index contributed by atoms with van der Waals surface area (Å²) in [4.78, 5) is 4.98. The lowest BCUT2D eigenvalue weighted by Crippen LogP contribution is -2.50. The van der Waals surface area contributed by atoms with E-state index in [1.165, 1.54) is 16.9 Å². The molecule has 0 amide bonds. The number of ether oxygens (including phenoxy) is 1. The molecule has 0 saturated carbocycles. The first kappa shape index (κ1) is 18.4. The number of rotatable bonds is 2. The van der Waals surface area contributed by atoms with Crippen molar-refractivity contribution in [3.05, 3.63) is 23.8 Å². The van der Waals surface area contributed by atoms with Gasteiger partial charge in [0, 0.05) is 50.1 Å². The Labute approximate surface area is 146 Å². The fourth-order valence-corrected chi connectivity index (χ4v) is 3.77. The Bertz CT molecular complexity index is 515. The summed E-state index contributed by atoms with van der Waals surface area (Å²) in [6.07, 6.45) is 0.604. The number of halogens is 1. The second kappa shape index (κ2) is 7.73. The Morgan fingerprint density at radius 2 is 1.83 bits per heavy atom. The maximum Gasteiger partial charge on any atom is 0.0726 e. The molecule has 0 aliphatic carbocycles. The van der Waals surface area contributed by atoms with E-state index in [0.717, 1.165) is 32.7 Å². The summed E-state index contributed by atoms with van der Waals surface area (Å²) >= 11 is 0. The number of piperazine rings is 1. The summed E-state index contributed by atoms with van der Waals surface area (Å²) in [6, 6.07) is 7.49. The lowest BCUT2D eigenvalue weighted by molar-refractivity contribution is -0.00524. The molecule has 3 rings (SSSR count). The zero-order chi connectivity index (χ0) is 15.7. The summed E-state index contributed by atoms with van der Waals surface area (Å²) in [5.74, 6) is 0. The van der Waals surface area contributed by atoms with Gasteiger partial charge in [-0.3, -0.25) is 0 Å². The van der Waals surface area contributed by atoms with E-state index in [1.807, 2.05) is 0 Å². The third-order valence-electron chi connectivity index (χ3n) is 4.77. The number of hydrogen-bond donors (Lipinski definition) is 1. The highest BCUT2D eigenvalue weighted by Crippen LogP contribution is 2.29. The van der Waals surface area contributed by atoms with Crippen LogP contribution in [0.1, 0.15) is 26.3 Å². The molecule has 1 aromatic carbocycles. The predicted octanol–water partition coefficient (Wildman–Crippen LogP) is 2.83. The molecule has 4 nitrogen and oxygen atoms in total. The molecule has 2 saturated heterocycles. The van der Waals surface area contributed by atoms with Gasteiger partial charge in [0.15, 0.2) is 0 Å². The molecular weight excluding hydrogens is 310 g/mol. The summed E-state index contributed by atoms with van der Waals surface area (Å²) in [6.45, 7) is 14.0. The van der Waals surface area contributed by atoms with Crippen LogP contribution in [0.2, 0.25) is 0 Å². The van der Waals surface area contributed by atoms with E-state index in [0.29, 0.717) is 18.2 Å². The van der Waals surface area contributed by atoms with Gasteiger partial charge in [-0.15, -0.1) is 12.4 Å². The first-order chi connectivity index (χ1) is 10.5. The monoisotopic (exact) mass is 339 g/mol. The molecule has 2 aliphatic rings. The van der Waals surface area contributed by atoms with Crippen molar-refractivity contribution in [2.24, 2.45) is 0 Å². The zero-order valence-corrected chi connectivity index (χ0v) is 15.5. The molecule has 1 N–H and O–H groups in total. The second-order valence-electron chi connectivity index (χ2n) is 6.88. The first-order valence-corrected chi connectivity index (χ1v) is 8.53. The molecule has 0 aromatic heterocycles. The van der Waals surface area contributed by atoms with Gasteiger partial charge >= 0.3 is 0 Å². The van der Waals surface area contributed by atoms with Crippen molar-refractivity contribution in [2.45, 2.75) is 45.9 Å². The van der Waals surface area contributed by atoms with Gasteiger partial charge in [0.25, 0.3) is 0 Å². The van der Waals surface area contributed by atoms with E-state index in [-0.39, 0.29) is 12.4 Å². The topological polar surface area (TPSA) is 27.7 Å². The smallest absolute Gasteiger partial charge is 0.0726 e. The van der Waals surface area contributed by atoms with E-state index in [1.54, 1.807) is 0 Å². The van der Waals surface area contributed by atoms with Crippen LogP contribution in [0.4, 0.5) is 11.4 Å². The Kier molecular flexibility index (Phi) is 6.18. The Balaban J connectivity index is 0.00000192. The molecule has 2 fully saturated rings. The van der Waals surface area contributed by atoms with Crippen LogP contribution >= 0.6 is 12.4 Å². The minimum Gasteiger partial charge on any atom is -0.372 e. The maximum absolute atomic E-state index is 5.85. The van der Waals surface area contributed by atoms with E-state index in [4.69, 9.17) is 4.74 Å². The lowest BCUT2D eigenvalue weighted by Gasteiger charge is -2.39. The van der Waals surface area contributed by atoms with Gasteiger partial charge < -0.3 is 19.9 Å². The highest BCUT2D eigenvalue weighted by atomic mass is 35.5. The fraction of sp³-hybridized carbons (Fsp3) is 0.667. The molecule has 0 bridgehead atoms. The highest BCUT2D eigenvalue weighted by Gasteiger charge is 2.24. The van der Waals surface area contributed by atoms with Crippen LogP contribution in [0, 0.1) is 6.92 Å². The van der Waals surface area contributed by atoms with Crippen molar-refractivity contribution in [1.29, 1.82) is 0 Å². The van der Waals surface area contributed by atoms with Crippen LogP contribution in [-0.4, -0.2) is 51.0 Å². The summed E-state index contributed by atoms with van der Waals surface area (Å²) in [7, 11) is 0. The van der Waals surface area contributed by atoms with Gasteiger partial charge in [-0.1, -0.05) is 0 Å². The number of hydrogen-bond acceptors (Lipinski definition) is 4. The molecule has 1 aromatic rings. The van der Waals surface area contributed by atoms with Gasteiger partial charge in [0.2, 0.25) is 0 Å². The van der Waals surface area contributed by atoms with E-state index < -0.39 is 0 Å². The van der Waals surface area contributed by atoms with Crippen LogP contribution < -0.4 is 15.1 Å². The molecule has 3 atom stereocenters. The summed E-state index contributed by atoms with van der Waals surface area (Å²) in [5.41, 5.74) is 4.07. The Morgan fingerprint density at radius 3 is 2.43 bits per heavy atom. The fourth-order valence-electron chi connectivity index (χ4n) is 3.77. The molecule has 130 valence electrons. The van der Waals surface area contributed by atoms with Crippen LogP contribution in [0.15, 0.2) is 18.2 Å². The quantitative estimate of drug-likeness (QED) is 0.896. The van der Waals surface area contributed by atoms with E-state index in [2.05, 4.69) is 61.0 Å². The normalized spacial score (nSPS) is 28.4. The number of benzene rings is 1. The number of aryl methyl sites for hydroxylation is 1. The Morgan fingerprint density at radius 1 is 1.13 bits per heavy atom. The SMILES string of the molecule is Cc1cc(N2CCNC[C@@H]2C)ccc1N1C[C@@H](C)O[C@@H](C)C1.Cl. The first-order valence-electron chi connectivity index (χ1n) is 8.53. The molecule has 0 spiro atoms. The largest absolute Gasteiger partial charge is 0.372 e. The van der Waals surface area contributed by atoms with Gasteiger partial charge in [-0.2, -0.15) is 0 Å². The van der Waals surface area contributed by atoms with E-state index >= 15 is 0 Å². The minimum absolute atomic E-state index is 0. The maximum atomic E-state index is 5.85. The molecular formula is C18H30ClN3O. The Hall–Kier alpha value is -0.970. The molecule has 5 heteroatoms. The third-order valence-corrected chi connectivity index (χ3v) is 4.77. The number of morpholine rings is 1. The molecule has 0 radical (unpaired) electrons. The average Bonchev–Trinajstić information content (AvgIpc) is 2.46. The van der Waals surface area contributed by atoms with Crippen molar-refractivity contribution >= 4 is 23.8 Å². The van der Waals surface area contributed by atoms with Crippen molar-refractivity contribution < 1.29 is 4.74 Å².